The van der Waals surface area contributed by atoms with Crippen LogP contribution in [0, 0.1) is 68.6 Å². The van der Waals surface area contributed by atoms with Gasteiger partial charge in [0.2, 0.25) is 0 Å². The Labute approximate surface area is 262 Å². The zero-order valence-corrected chi connectivity index (χ0v) is 23.2. The fourth-order valence-corrected chi connectivity index (χ4v) is 4.14. The van der Waals surface area contributed by atoms with Crippen LogP contribution < -0.4 is 19.9 Å². The van der Waals surface area contributed by atoms with Crippen molar-refractivity contribution < 1.29 is 53.4 Å². The summed E-state index contributed by atoms with van der Waals surface area (Å²) in [7, 11) is 0. The van der Waals surface area contributed by atoms with Crippen molar-refractivity contribution >= 4 is 11.1 Å². The molecule has 0 spiro atoms. The molecule has 4 aromatic carbocycles. The van der Waals surface area contributed by atoms with Gasteiger partial charge in [-0.15, -0.1) is 0 Å². The summed E-state index contributed by atoms with van der Waals surface area (Å²) in [5.74, 6) is -10.9. The lowest BCUT2D eigenvalue weighted by molar-refractivity contribution is -0.138. The van der Waals surface area contributed by atoms with Crippen LogP contribution in [-0.2, 0) is 12.4 Å². The Morgan fingerprint density at radius 1 is 0.542 bits per heavy atom. The monoisotopic (exact) mass is 672 g/mol. The first kappa shape index (κ1) is 34.4. The van der Waals surface area contributed by atoms with E-state index in [0.29, 0.717) is 30.3 Å². The van der Waals surface area contributed by atoms with Crippen LogP contribution in [0.4, 0.5) is 43.9 Å². The number of hydrogen-bond acceptors (Lipinski definition) is 6. The van der Waals surface area contributed by atoms with Crippen molar-refractivity contribution in [3.63, 3.8) is 0 Å². The number of nitriles is 4. The largest absolute Gasteiger partial charge is 0.457 e. The van der Waals surface area contributed by atoms with Crippen LogP contribution in [0.25, 0.3) is 11.1 Å². The maximum atomic E-state index is 15.2. The van der Waals surface area contributed by atoms with Gasteiger partial charge in [-0.3, -0.25) is 0 Å². The smallest absolute Gasteiger partial charge is 0.416 e. The molecule has 240 valence electrons. The third-order valence-corrected chi connectivity index (χ3v) is 6.40. The molecule has 0 aromatic heterocycles. The van der Waals surface area contributed by atoms with Crippen LogP contribution in [-0.4, -0.2) is 0 Å². The number of alkyl halides is 6. The van der Waals surface area contributed by atoms with Crippen molar-refractivity contribution in [2.75, 3.05) is 0 Å². The average molecular weight is 672 g/mol. The van der Waals surface area contributed by atoms with Gasteiger partial charge in [-0.25, -0.2) is 17.6 Å². The summed E-state index contributed by atoms with van der Waals surface area (Å²) in [5, 5.41) is 36.8. The van der Waals surface area contributed by atoms with Crippen molar-refractivity contribution in [1.82, 2.24) is 0 Å². The molecule has 4 aromatic rings. The molecule has 0 aliphatic rings. The first-order chi connectivity index (χ1) is 22.5. The summed E-state index contributed by atoms with van der Waals surface area (Å²) in [4.78, 5) is 0. The molecular weight excluding hydrogens is 662 g/mol. The molecule has 0 bridgehead atoms. The lowest BCUT2D eigenvalue weighted by atomic mass is 9.98. The van der Waals surface area contributed by atoms with Gasteiger partial charge >= 0.3 is 12.4 Å². The van der Waals surface area contributed by atoms with Gasteiger partial charge in [0.05, 0.1) is 22.3 Å². The van der Waals surface area contributed by atoms with E-state index in [1.54, 1.807) is 0 Å². The summed E-state index contributed by atoms with van der Waals surface area (Å²) < 4.78 is 149. The van der Waals surface area contributed by atoms with Crippen molar-refractivity contribution in [3.8, 4) is 47.3 Å². The first-order valence-electron chi connectivity index (χ1n) is 12.6. The zero-order chi connectivity index (χ0) is 35.6. The SMILES string of the molecule is N#CC(C#N)=c1cc(Oc2ccc(C(F)(F)F)cc2)/c(=C(\C#N)c2c(F)c(F)c(C#N)c(F)c2F)cc1Oc1ccc(C(F)(F)F)cc1. The Hall–Kier alpha value is -6.52. The molecule has 0 N–H and O–H groups in total. The first-order valence-corrected chi connectivity index (χ1v) is 12.6. The molecule has 0 amide bonds. The van der Waals surface area contributed by atoms with Crippen molar-refractivity contribution in [2.45, 2.75) is 12.4 Å². The maximum absolute atomic E-state index is 15.2. The highest BCUT2D eigenvalue weighted by Gasteiger charge is 2.32. The molecule has 6 nitrogen and oxygen atoms in total. The van der Waals surface area contributed by atoms with Crippen LogP contribution in [0.1, 0.15) is 22.3 Å². The number of nitrogens with zero attached hydrogens (tertiary/aromatic N) is 4. The van der Waals surface area contributed by atoms with Crippen LogP contribution in [0.2, 0.25) is 0 Å². The standard InChI is InChI=1S/C32H10F10N4O2/c33-27-23(14-46)28(34)30(36)26(29(27)35)22(13-45)21-10-24(47-18-5-1-16(2-6-18)31(37,38)39)20(15(11-43)12-44)9-25(21)48-19-7-3-17(4-8-19)32(40,41)42/h1-10H/b22-21+. The zero-order valence-electron chi connectivity index (χ0n) is 23.2. The quantitative estimate of drug-likeness (QED) is 0.159. The van der Waals surface area contributed by atoms with E-state index in [0.717, 1.165) is 36.4 Å². The minimum absolute atomic E-state index is 0.367. The van der Waals surface area contributed by atoms with Crippen LogP contribution in [0.3, 0.4) is 0 Å². The topological polar surface area (TPSA) is 114 Å². The van der Waals surface area contributed by atoms with E-state index in [1.165, 1.54) is 18.2 Å². The molecule has 0 unspecified atom stereocenters. The van der Waals surface area contributed by atoms with Gasteiger partial charge in [-0.1, -0.05) is 0 Å². The van der Waals surface area contributed by atoms with Gasteiger partial charge in [-0.2, -0.15) is 47.4 Å². The molecule has 4 rings (SSSR count). The number of rotatable bonds is 5. The predicted octanol–water partition coefficient (Wildman–Crippen LogP) is 7.66. The number of halogens is 10. The Morgan fingerprint density at radius 3 is 1.29 bits per heavy atom. The summed E-state index contributed by atoms with van der Waals surface area (Å²) in [6.45, 7) is 0. The fourth-order valence-electron chi connectivity index (χ4n) is 4.14. The molecular formula is C32H10F10N4O2. The van der Waals surface area contributed by atoms with Gasteiger partial charge in [0.1, 0.15) is 58.4 Å². The number of ether oxygens (including phenoxy) is 2. The molecule has 0 aliphatic carbocycles. The second-order valence-electron chi connectivity index (χ2n) is 9.30. The van der Waals surface area contributed by atoms with Gasteiger partial charge in [0.15, 0.2) is 23.3 Å². The lowest BCUT2D eigenvalue weighted by Gasteiger charge is -2.14. The lowest BCUT2D eigenvalue weighted by Crippen LogP contribution is -2.20. The minimum Gasteiger partial charge on any atom is -0.457 e. The maximum Gasteiger partial charge on any atom is 0.416 e. The van der Waals surface area contributed by atoms with E-state index in [1.807, 2.05) is 0 Å². The Balaban J connectivity index is 2.13. The van der Waals surface area contributed by atoms with Crippen molar-refractivity contribution in [2.24, 2.45) is 0 Å². The highest BCUT2D eigenvalue weighted by atomic mass is 19.4. The van der Waals surface area contributed by atoms with E-state index >= 15 is 8.78 Å². The molecule has 0 fully saturated rings. The van der Waals surface area contributed by atoms with Gasteiger partial charge in [0, 0.05) is 10.4 Å². The number of hydrogen-bond donors (Lipinski definition) is 0. The fraction of sp³-hybridized carbons (Fsp3) is 0.0625. The minimum atomic E-state index is -4.78. The summed E-state index contributed by atoms with van der Waals surface area (Å²) in [5.41, 5.74) is -7.57. The molecule has 0 aliphatic heterocycles. The second-order valence-corrected chi connectivity index (χ2v) is 9.30. The Morgan fingerprint density at radius 2 is 0.938 bits per heavy atom. The summed E-state index contributed by atoms with van der Waals surface area (Å²) in [6, 6.07) is 12.2. The predicted molar refractivity (Wildman–Crippen MR) is 142 cm³/mol. The molecule has 0 radical (unpaired) electrons. The highest BCUT2D eigenvalue weighted by molar-refractivity contribution is 5.80. The summed E-state index contributed by atoms with van der Waals surface area (Å²) >= 11 is 0. The van der Waals surface area contributed by atoms with Crippen molar-refractivity contribution in [3.05, 3.63) is 117 Å². The second kappa shape index (κ2) is 13.1. The molecule has 16 heteroatoms. The molecule has 0 saturated carbocycles. The molecule has 0 atom stereocenters. The molecule has 48 heavy (non-hydrogen) atoms. The van der Waals surface area contributed by atoms with E-state index < -0.39 is 96.7 Å². The van der Waals surface area contributed by atoms with E-state index in [9.17, 15) is 50.9 Å². The van der Waals surface area contributed by atoms with Crippen LogP contribution in [0.15, 0.2) is 60.7 Å². The third-order valence-electron chi connectivity index (χ3n) is 6.40. The Kier molecular flexibility index (Phi) is 9.35. The van der Waals surface area contributed by atoms with Crippen LogP contribution in [0.5, 0.6) is 23.0 Å². The van der Waals surface area contributed by atoms with E-state index in [4.69, 9.17) is 14.7 Å². The normalized spacial score (nSPS) is 11.8. The number of benzene rings is 4. The van der Waals surface area contributed by atoms with E-state index in [-0.39, 0.29) is 5.75 Å². The van der Waals surface area contributed by atoms with Gasteiger partial charge in [-0.05, 0) is 60.7 Å². The summed E-state index contributed by atoms with van der Waals surface area (Å²) in [6.07, 6.45) is -9.54. The van der Waals surface area contributed by atoms with Gasteiger partial charge < -0.3 is 9.47 Å². The van der Waals surface area contributed by atoms with Crippen LogP contribution >= 0.6 is 0 Å². The highest BCUT2D eigenvalue weighted by Crippen LogP contribution is 2.34. The average Bonchev–Trinajstić information content (AvgIpc) is 3.04. The van der Waals surface area contributed by atoms with E-state index in [2.05, 4.69) is 0 Å². The third kappa shape index (κ3) is 6.69. The Bertz CT molecular complexity index is 2190. The van der Waals surface area contributed by atoms with Gasteiger partial charge in [0.25, 0.3) is 0 Å². The molecule has 0 saturated heterocycles. The molecule has 0 heterocycles. The van der Waals surface area contributed by atoms with Crippen molar-refractivity contribution in [1.29, 1.82) is 21.0 Å².